The molecule has 0 unspecified atom stereocenters. The second kappa shape index (κ2) is 1.78. The van der Waals surface area contributed by atoms with Gasteiger partial charge in [-0.1, -0.05) is 0 Å². The molecule has 1 aromatic rings. The maximum Gasteiger partial charge on any atom is 0.267 e. The van der Waals surface area contributed by atoms with Crippen molar-refractivity contribution in [2.75, 3.05) is 0 Å². The molecule has 4 heteroatoms. The maximum absolute atomic E-state index is 10.5. The topological polar surface area (TPSA) is 37.8 Å². The van der Waals surface area contributed by atoms with Gasteiger partial charge >= 0.3 is 0 Å². The Labute approximate surface area is 54.4 Å². The van der Waals surface area contributed by atoms with Crippen LogP contribution in [0.4, 0.5) is 0 Å². The van der Waals surface area contributed by atoms with E-state index in [1.165, 1.54) is 10.7 Å². The third-order valence-corrected chi connectivity index (χ3v) is 1.26. The second-order valence-corrected chi connectivity index (χ2v) is 2.36. The predicted octanol–water partition coefficient (Wildman–Crippen LogP) is 0.476. The van der Waals surface area contributed by atoms with Crippen LogP contribution in [0.25, 0.3) is 0 Å². The molecule has 0 bridgehead atoms. The van der Waals surface area contributed by atoms with Gasteiger partial charge in [0.1, 0.15) is 4.60 Å². The molecule has 0 atom stereocenters. The van der Waals surface area contributed by atoms with Gasteiger partial charge in [-0.25, -0.2) is 0 Å². The predicted molar refractivity (Wildman–Crippen MR) is 33.7 cm³/mol. The van der Waals surface area contributed by atoms with Crippen LogP contribution >= 0.6 is 15.9 Å². The quantitative estimate of drug-likeness (QED) is 0.614. The Morgan fingerprint density at radius 3 is 2.62 bits per heavy atom. The lowest BCUT2D eigenvalue weighted by Gasteiger charge is -1.82. The highest BCUT2D eigenvalue weighted by Crippen LogP contribution is 1.97. The van der Waals surface area contributed by atoms with Crippen LogP contribution in [-0.4, -0.2) is 9.78 Å². The number of aryl methyl sites for hydroxylation is 1. The molecular formula is C4H5BrN2O. The highest BCUT2D eigenvalue weighted by molar-refractivity contribution is 9.10. The number of aromatic amines is 1. The molecule has 1 rings (SSSR count). The number of hydrogen-bond donors (Lipinski definition) is 1. The normalized spacial score (nSPS) is 9.75. The van der Waals surface area contributed by atoms with Crippen molar-refractivity contribution >= 4 is 15.9 Å². The lowest BCUT2D eigenvalue weighted by atomic mass is 10.7. The maximum atomic E-state index is 10.5. The van der Waals surface area contributed by atoms with Gasteiger partial charge in [0, 0.05) is 13.1 Å². The minimum atomic E-state index is -0.0307. The lowest BCUT2D eigenvalue weighted by molar-refractivity contribution is 0.734. The van der Waals surface area contributed by atoms with Crippen molar-refractivity contribution in [2.24, 2.45) is 7.05 Å². The number of nitrogens with one attached hydrogen (secondary N) is 1. The monoisotopic (exact) mass is 176 g/mol. The fraction of sp³-hybridized carbons (Fsp3) is 0.250. The minimum Gasteiger partial charge on any atom is -0.289 e. The first-order valence-corrected chi connectivity index (χ1v) is 2.91. The number of aromatic nitrogens is 2. The summed E-state index contributed by atoms with van der Waals surface area (Å²) in [7, 11) is 1.66. The van der Waals surface area contributed by atoms with Crippen LogP contribution < -0.4 is 5.56 Å². The molecule has 0 aliphatic rings. The lowest BCUT2D eigenvalue weighted by Crippen LogP contribution is -2.09. The van der Waals surface area contributed by atoms with Crippen molar-refractivity contribution in [3.8, 4) is 0 Å². The molecule has 0 radical (unpaired) electrons. The van der Waals surface area contributed by atoms with Gasteiger partial charge in [-0.05, 0) is 15.9 Å². The SMILES string of the molecule is Cn1[nH]c(Br)cc1=O. The standard InChI is InChI=1S/C4H5BrN2O/c1-7-4(8)2-3(5)6-7/h2,6H,1H3. The Bertz CT molecular complexity index is 236. The van der Waals surface area contributed by atoms with Crippen LogP contribution in [0.3, 0.4) is 0 Å². The van der Waals surface area contributed by atoms with E-state index in [-0.39, 0.29) is 5.56 Å². The third kappa shape index (κ3) is 0.838. The van der Waals surface area contributed by atoms with Crippen LogP contribution in [0.2, 0.25) is 0 Å². The van der Waals surface area contributed by atoms with Gasteiger partial charge < -0.3 is 0 Å². The van der Waals surface area contributed by atoms with Crippen LogP contribution in [0.1, 0.15) is 0 Å². The van der Waals surface area contributed by atoms with Gasteiger partial charge in [0.2, 0.25) is 0 Å². The molecule has 3 nitrogen and oxygen atoms in total. The van der Waals surface area contributed by atoms with Crippen molar-refractivity contribution in [3.05, 3.63) is 21.0 Å². The molecule has 1 aromatic heterocycles. The minimum absolute atomic E-state index is 0.0307. The molecular weight excluding hydrogens is 172 g/mol. The Morgan fingerprint density at radius 2 is 2.50 bits per heavy atom. The van der Waals surface area contributed by atoms with Gasteiger partial charge in [-0.2, -0.15) is 0 Å². The van der Waals surface area contributed by atoms with Crippen LogP contribution in [0.15, 0.2) is 15.5 Å². The summed E-state index contributed by atoms with van der Waals surface area (Å²) < 4.78 is 2.11. The highest BCUT2D eigenvalue weighted by Gasteiger charge is 1.91. The Balaban J connectivity index is 3.35. The van der Waals surface area contributed by atoms with Crippen molar-refractivity contribution in [2.45, 2.75) is 0 Å². The summed E-state index contributed by atoms with van der Waals surface area (Å²) in [5, 5.41) is 2.73. The summed E-state index contributed by atoms with van der Waals surface area (Å²) in [4.78, 5) is 10.5. The first kappa shape index (κ1) is 5.62. The van der Waals surface area contributed by atoms with Gasteiger partial charge in [0.25, 0.3) is 5.56 Å². The zero-order valence-corrected chi connectivity index (χ0v) is 5.90. The number of hydrogen-bond acceptors (Lipinski definition) is 1. The van der Waals surface area contributed by atoms with E-state index < -0.39 is 0 Å². The first-order valence-electron chi connectivity index (χ1n) is 2.11. The molecule has 0 fully saturated rings. The molecule has 44 valence electrons. The molecule has 0 saturated heterocycles. The average Bonchev–Trinajstić information content (AvgIpc) is 1.85. The summed E-state index contributed by atoms with van der Waals surface area (Å²) in [5.74, 6) is 0. The molecule has 0 saturated carbocycles. The van der Waals surface area contributed by atoms with Crippen molar-refractivity contribution < 1.29 is 0 Å². The number of halogens is 1. The molecule has 0 aromatic carbocycles. The molecule has 0 spiro atoms. The first-order chi connectivity index (χ1) is 3.70. The molecule has 0 aliphatic heterocycles. The van der Waals surface area contributed by atoms with E-state index in [1.54, 1.807) is 7.05 Å². The number of rotatable bonds is 0. The van der Waals surface area contributed by atoms with Crippen LogP contribution in [0.5, 0.6) is 0 Å². The van der Waals surface area contributed by atoms with Gasteiger partial charge in [0.15, 0.2) is 0 Å². The number of H-pyrrole nitrogens is 1. The average molecular weight is 177 g/mol. The molecule has 0 amide bonds. The van der Waals surface area contributed by atoms with E-state index in [0.717, 1.165) is 0 Å². The van der Waals surface area contributed by atoms with Gasteiger partial charge in [0.05, 0.1) is 0 Å². The highest BCUT2D eigenvalue weighted by atomic mass is 79.9. The van der Waals surface area contributed by atoms with E-state index in [4.69, 9.17) is 0 Å². The largest absolute Gasteiger partial charge is 0.289 e. The summed E-state index contributed by atoms with van der Waals surface area (Å²) in [6.45, 7) is 0. The zero-order valence-electron chi connectivity index (χ0n) is 4.31. The van der Waals surface area contributed by atoms with Gasteiger partial charge in [-0.15, -0.1) is 0 Å². The van der Waals surface area contributed by atoms with Gasteiger partial charge in [-0.3, -0.25) is 14.6 Å². The van der Waals surface area contributed by atoms with E-state index in [9.17, 15) is 4.79 Å². The number of nitrogens with zero attached hydrogens (tertiary/aromatic N) is 1. The Morgan fingerprint density at radius 1 is 1.88 bits per heavy atom. The smallest absolute Gasteiger partial charge is 0.267 e. The summed E-state index contributed by atoms with van der Waals surface area (Å²) in [6, 6.07) is 1.47. The van der Waals surface area contributed by atoms with E-state index >= 15 is 0 Å². The summed E-state index contributed by atoms with van der Waals surface area (Å²) >= 11 is 3.11. The van der Waals surface area contributed by atoms with Crippen molar-refractivity contribution in [3.63, 3.8) is 0 Å². The molecule has 1 N–H and O–H groups in total. The summed E-state index contributed by atoms with van der Waals surface area (Å²) in [6.07, 6.45) is 0. The van der Waals surface area contributed by atoms with E-state index in [0.29, 0.717) is 4.60 Å². The zero-order chi connectivity index (χ0) is 6.15. The fourth-order valence-corrected chi connectivity index (χ4v) is 0.915. The second-order valence-electron chi connectivity index (χ2n) is 1.50. The third-order valence-electron chi connectivity index (χ3n) is 0.855. The van der Waals surface area contributed by atoms with Crippen LogP contribution in [0, 0.1) is 0 Å². The Kier molecular flexibility index (Phi) is 1.25. The fourth-order valence-electron chi connectivity index (χ4n) is 0.453. The van der Waals surface area contributed by atoms with Crippen LogP contribution in [-0.2, 0) is 7.05 Å². The van der Waals surface area contributed by atoms with Crippen molar-refractivity contribution in [1.29, 1.82) is 0 Å². The Hall–Kier alpha value is -0.510. The van der Waals surface area contributed by atoms with E-state index in [2.05, 4.69) is 21.0 Å². The molecule has 1 heterocycles. The van der Waals surface area contributed by atoms with Crippen molar-refractivity contribution in [1.82, 2.24) is 9.78 Å². The molecule has 0 aliphatic carbocycles. The summed E-state index contributed by atoms with van der Waals surface area (Å²) in [5.41, 5.74) is -0.0307. The van der Waals surface area contributed by atoms with E-state index in [1.807, 2.05) is 0 Å². The molecule has 8 heavy (non-hydrogen) atoms.